The Labute approximate surface area is 188 Å². The van der Waals surface area contributed by atoms with Crippen LogP contribution in [0.4, 0.5) is 0 Å². The smallest absolute Gasteiger partial charge is 0.326 e. The fourth-order valence-electron chi connectivity index (χ4n) is 3.72. The molecule has 0 spiro atoms. The molecule has 4 atom stereocenters. The third kappa shape index (κ3) is 8.45. The molecule has 0 saturated carbocycles. The predicted molar refractivity (Wildman–Crippen MR) is 115 cm³/mol. The van der Waals surface area contributed by atoms with Gasteiger partial charge in [-0.15, -0.1) is 0 Å². The Morgan fingerprint density at radius 3 is 2.03 bits per heavy atom. The standard InChI is InChI=1S/C21H36N4O7/c1-11(2)8-14(23-18(28)13(22)10-17(26)27)20(30)25-7-5-6-16(25)19(29)24-15(21(31)32)9-12(3)4/h11-16H,5-10,22H2,1-4H3,(H,23,28)(H,24,29)(H,26,27)(H,31,32). The van der Waals surface area contributed by atoms with E-state index in [-0.39, 0.29) is 24.7 Å². The van der Waals surface area contributed by atoms with Crippen molar-refractivity contribution in [1.82, 2.24) is 15.5 Å². The Morgan fingerprint density at radius 2 is 1.53 bits per heavy atom. The van der Waals surface area contributed by atoms with Gasteiger partial charge in [0.15, 0.2) is 0 Å². The summed E-state index contributed by atoms with van der Waals surface area (Å²) in [6, 6.07) is -4.17. The van der Waals surface area contributed by atoms with Crippen molar-refractivity contribution in [1.29, 1.82) is 0 Å². The van der Waals surface area contributed by atoms with Crippen molar-refractivity contribution in [2.75, 3.05) is 6.54 Å². The van der Waals surface area contributed by atoms with Crippen LogP contribution in [0, 0.1) is 11.8 Å². The van der Waals surface area contributed by atoms with Crippen LogP contribution < -0.4 is 16.4 Å². The van der Waals surface area contributed by atoms with E-state index in [9.17, 15) is 29.1 Å². The zero-order valence-electron chi connectivity index (χ0n) is 19.2. The molecule has 0 bridgehead atoms. The molecule has 11 heteroatoms. The molecule has 6 N–H and O–H groups in total. The summed E-state index contributed by atoms with van der Waals surface area (Å²) in [4.78, 5) is 62.0. The van der Waals surface area contributed by atoms with Gasteiger partial charge in [0.05, 0.1) is 12.5 Å². The number of carboxylic acid groups (broad SMARTS) is 2. The highest BCUT2D eigenvalue weighted by Crippen LogP contribution is 2.21. The summed E-state index contributed by atoms with van der Waals surface area (Å²) in [7, 11) is 0. The van der Waals surface area contributed by atoms with Gasteiger partial charge in [-0.25, -0.2) is 4.79 Å². The molecule has 11 nitrogen and oxygen atoms in total. The lowest BCUT2D eigenvalue weighted by Gasteiger charge is -2.30. The van der Waals surface area contributed by atoms with Gasteiger partial charge in [0, 0.05) is 6.54 Å². The van der Waals surface area contributed by atoms with Crippen LogP contribution in [0.2, 0.25) is 0 Å². The molecular weight excluding hydrogens is 420 g/mol. The molecule has 3 amide bonds. The fraction of sp³-hybridized carbons (Fsp3) is 0.762. The first-order chi connectivity index (χ1) is 14.8. The summed E-state index contributed by atoms with van der Waals surface area (Å²) in [5.74, 6) is -4.06. The number of carbonyl (C=O) groups excluding carboxylic acids is 3. The van der Waals surface area contributed by atoms with Crippen molar-refractivity contribution < 1.29 is 34.2 Å². The van der Waals surface area contributed by atoms with E-state index in [1.165, 1.54) is 4.90 Å². The van der Waals surface area contributed by atoms with Crippen LogP contribution in [0.3, 0.4) is 0 Å². The Kier molecular flexibility index (Phi) is 10.6. The van der Waals surface area contributed by atoms with Crippen molar-refractivity contribution in [2.45, 2.75) is 84.0 Å². The SMILES string of the molecule is CC(C)CC(NC(=O)C1CCCN1C(=O)C(CC(C)C)NC(=O)C(N)CC(=O)O)C(=O)O. The van der Waals surface area contributed by atoms with Crippen molar-refractivity contribution >= 4 is 29.7 Å². The number of likely N-dealkylation sites (tertiary alicyclic amines) is 1. The molecule has 1 heterocycles. The minimum Gasteiger partial charge on any atom is -0.481 e. The van der Waals surface area contributed by atoms with Gasteiger partial charge < -0.3 is 31.5 Å². The topological polar surface area (TPSA) is 179 Å². The van der Waals surface area contributed by atoms with E-state index in [2.05, 4.69) is 10.6 Å². The fourth-order valence-corrected chi connectivity index (χ4v) is 3.72. The third-order valence-electron chi connectivity index (χ3n) is 5.21. The quantitative estimate of drug-likeness (QED) is 0.270. The Balaban J connectivity index is 2.95. The lowest BCUT2D eigenvalue weighted by Crippen LogP contribution is -2.57. The second-order valence-corrected chi connectivity index (χ2v) is 9.11. The average Bonchev–Trinajstić information content (AvgIpc) is 3.14. The summed E-state index contributed by atoms with van der Waals surface area (Å²) in [5, 5.41) is 23.3. The van der Waals surface area contributed by atoms with Crippen LogP contribution in [0.5, 0.6) is 0 Å². The highest BCUT2D eigenvalue weighted by molar-refractivity contribution is 5.95. The molecule has 1 fully saturated rings. The summed E-state index contributed by atoms with van der Waals surface area (Å²) < 4.78 is 0. The van der Waals surface area contributed by atoms with Gasteiger partial charge in [0.25, 0.3) is 0 Å². The minimum atomic E-state index is -1.31. The first-order valence-corrected chi connectivity index (χ1v) is 10.9. The number of nitrogens with two attached hydrogens (primary N) is 1. The van der Waals surface area contributed by atoms with E-state index in [0.29, 0.717) is 19.4 Å². The number of nitrogens with one attached hydrogen (secondary N) is 2. The van der Waals surface area contributed by atoms with Gasteiger partial charge in [0.2, 0.25) is 17.7 Å². The van der Waals surface area contributed by atoms with Crippen LogP contribution >= 0.6 is 0 Å². The number of hydrogen-bond donors (Lipinski definition) is 5. The largest absolute Gasteiger partial charge is 0.481 e. The summed E-state index contributed by atoms with van der Waals surface area (Å²) in [5.41, 5.74) is 5.61. The molecule has 0 aliphatic carbocycles. The molecule has 1 aliphatic rings. The molecule has 1 aliphatic heterocycles. The molecule has 32 heavy (non-hydrogen) atoms. The molecule has 4 unspecified atom stereocenters. The van der Waals surface area contributed by atoms with E-state index in [4.69, 9.17) is 10.8 Å². The molecule has 182 valence electrons. The van der Waals surface area contributed by atoms with Gasteiger partial charge >= 0.3 is 11.9 Å². The third-order valence-corrected chi connectivity index (χ3v) is 5.21. The van der Waals surface area contributed by atoms with Crippen molar-refractivity contribution in [2.24, 2.45) is 17.6 Å². The lowest BCUT2D eigenvalue weighted by molar-refractivity contribution is -0.145. The van der Waals surface area contributed by atoms with Gasteiger partial charge in [-0.05, 0) is 37.5 Å². The van der Waals surface area contributed by atoms with Crippen LogP contribution in [0.1, 0.15) is 59.8 Å². The zero-order chi connectivity index (χ0) is 24.6. The number of amides is 3. The first kappa shape index (κ1) is 27.3. The molecule has 0 aromatic carbocycles. The highest BCUT2D eigenvalue weighted by atomic mass is 16.4. The number of carboxylic acids is 2. The van der Waals surface area contributed by atoms with E-state index >= 15 is 0 Å². The Morgan fingerprint density at radius 1 is 0.969 bits per heavy atom. The summed E-state index contributed by atoms with van der Waals surface area (Å²) >= 11 is 0. The predicted octanol–water partition coefficient (Wildman–Crippen LogP) is -0.0742. The second kappa shape index (κ2) is 12.4. The van der Waals surface area contributed by atoms with Gasteiger partial charge in [-0.2, -0.15) is 0 Å². The average molecular weight is 457 g/mol. The van der Waals surface area contributed by atoms with Crippen LogP contribution in [-0.2, 0) is 24.0 Å². The van der Waals surface area contributed by atoms with E-state index in [1.54, 1.807) is 0 Å². The molecule has 1 saturated heterocycles. The number of carbonyl (C=O) groups is 5. The number of aliphatic carboxylic acids is 2. The monoisotopic (exact) mass is 456 g/mol. The summed E-state index contributed by atoms with van der Waals surface area (Å²) in [6.07, 6.45) is 0.907. The zero-order valence-corrected chi connectivity index (χ0v) is 19.2. The Bertz CT molecular complexity index is 710. The lowest BCUT2D eigenvalue weighted by atomic mass is 10.0. The second-order valence-electron chi connectivity index (χ2n) is 9.11. The summed E-state index contributed by atoms with van der Waals surface area (Å²) in [6.45, 7) is 7.72. The van der Waals surface area contributed by atoms with E-state index < -0.39 is 60.2 Å². The van der Waals surface area contributed by atoms with Gasteiger partial charge in [-0.3, -0.25) is 19.2 Å². The maximum Gasteiger partial charge on any atom is 0.326 e. The number of hydrogen-bond acceptors (Lipinski definition) is 6. The molecule has 0 aromatic heterocycles. The molecular formula is C21H36N4O7. The van der Waals surface area contributed by atoms with Crippen LogP contribution in [0.15, 0.2) is 0 Å². The molecule has 0 radical (unpaired) electrons. The van der Waals surface area contributed by atoms with Crippen LogP contribution in [0.25, 0.3) is 0 Å². The number of rotatable bonds is 12. The van der Waals surface area contributed by atoms with Gasteiger partial charge in [-0.1, -0.05) is 27.7 Å². The molecule has 0 aromatic rings. The van der Waals surface area contributed by atoms with Crippen molar-refractivity contribution in [3.05, 3.63) is 0 Å². The minimum absolute atomic E-state index is 0.0252. The van der Waals surface area contributed by atoms with E-state index in [1.807, 2.05) is 27.7 Å². The molecule has 1 rings (SSSR count). The first-order valence-electron chi connectivity index (χ1n) is 10.9. The normalized spacial score (nSPS) is 18.8. The maximum absolute atomic E-state index is 13.2. The van der Waals surface area contributed by atoms with Crippen molar-refractivity contribution in [3.8, 4) is 0 Å². The maximum atomic E-state index is 13.2. The van der Waals surface area contributed by atoms with Crippen molar-refractivity contribution in [3.63, 3.8) is 0 Å². The number of nitrogens with zero attached hydrogens (tertiary/aromatic N) is 1. The highest BCUT2D eigenvalue weighted by Gasteiger charge is 2.39. The van der Waals surface area contributed by atoms with Crippen LogP contribution in [-0.4, -0.2) is 75.5 Å². The Hall–Kier alpha value is -2.69. The van der Waals surface area contributed by atoms with Gasteiger partial charge in [0.1, 0.15) is 18.1 Å². The van der Waals surface area contributed by atoms with E-state index in [0.717, 1.165) is 0 Å².